The van der Waals surface area contributed by atoms with Gasteiger partial charge in [-0.15, -0.1) is 0 Å². The van der Waals surface area contributed by atoms with Crippen LogP contribution in [0.15, 0.2) is 33.2 Å². The Morgan fingerprint density at radius 3 is 2.58 bits per heavy atom. The molecule has 2 nitrogen and oxygen atoms in total. The van der Waals surface area contributed by atoms with Crippen molar-refractivity contribution in [3.63, 3.8) is 0 Å². The molecule has 19 heavy (non-hydrogen) atoms. The molecular weight excluding hydrogens is 309 g/mol. The van der Waals surface area contributed by atoms with Crippen molar-refractivity contribution in [3.05, 3.63) is 57.2 Å². The van der Waals surface area contributed by atoms with Crippen LogP contribution in [0.4, 0.5) is 4.39 Å². The van der Waals surface area contributed by atoms with Crippen LogP contribution < -0.4 is 5.32 Å². The number of nitrogens with one attached hydrogen (secondary N) is 1. The highest BCUT2D eigenvalue weighted by Gasteiger charge is 2.12. The first-order chi connectivity index (χ1) is 8.95. The summed E-state index contributed by atoms with van der Waals surface area (Å²) in [5.41, 5.74) is 2.06. The van der Waals surface area contributed by atoms with Crippen molar-refractivity contribution in [1.29, 1.82) is 0 Å². The molecule has 2 rings (SSSR count). The van der Waals surface area contributed by atoms with Crippen LogP contribution in [0.3, 0.4) is 0 Å². The van der Waals surface area contributed by atoms with E-state index in [1.54, 1.807) is 0 Å². The summed E-state index contributed by atoms with van der Waals surface area (Å²) < 4.78 is 19.5. The second-order valence-electron chi connectivity index (χ2n) is 4.75. The molecule has 0 saturated carbocycles. The molecule has 0 aliphatic heterocycles. The highest BCUT2D eigenvalue weighted by atomic mass is 79.9. The Kier molecular flexibility index (Phi) is 4.42. The van der Waals surface area contributed by atoms with E-state index < -0.39 is 0 Å². The maximum absolute atomic E-state index is 13.3. The number of benzene rings is 1. The number of hydrogen-bond acceptors (Lipinski definition) is 2. The summed E-state index contributed by atoms with van der Waals surface area (Å²) in [7, 11) is 0. The van der Waals surface area contributed by atoms with Gasteiger partial charge in [-0.25, -0.2) is 4.39 Å². The van der Waals surface area contributed by atoms with Crippen molar-refractivity contribution in [2.45, 2.75) is 33.4 Å². The monoisotopic (exact) mass is 325 g/mol. The predicted octanol–water partition coefficient (Wildman–Crippen LogP) is 4.65. The minimum atomic E-state index is -0.228. The summed E-state index contributed by atoms with van der Waals surface area (Å²) in [6.45, 7) is 6.58. The number of rotatable bonds is 4. The quantitative estimate of drug-likeness (QED) is 0.885. The smallest absolute Gasteiger partial charge is 0.124 e. The van der Waals surface area contributed by atoms with Crippen LogP contribution in [-0.2, 0) is 6.54 Å². The van der Waals surface area contributed by atoms with Crippen LogP contribution in [0.5, 0.6) is 0 Å². The molecule has 102 valence electrons. The topological polar surface area (TPSA) is 25.2 Å². The van der Waals surface area contributed by atoms with Gasteiger partial charge in [0.15, 0.2) is 0 Å². The van der Waals surface area contributed by atoms with Gasteiger partial charge in [0.1, 0.15) is 17.3 Å². The fraction of sp³-hybridized carbons (Fsp3) is 0.333. The van der Waals surface area contributed by atoms with Crippen LogP contribution in [0.1, 0.15) is 35.6 Å². The molecule has 1 aromatic heterocycles. The third-order valence-corrected chi connectivity index (χ3v) is 3.54. The van der Waals surface area contributed by atoms with Crippen LogP contribution in [-0.4, -0.2) is 0 Å². The van der Waals surface area contributed by atoms with Gasteiger partial charge in [-0.2, -0.15) is 0 Å². The van der Waals surface area contributed by atoms with E-state index in [0.29, 0.717) is 6.54 Å². The van der Waals surface area contributed by atoms with Crippen molar-refractivity contribution in [2.75, 3.05) is 0 Å². The zero-order chi connectivity index (χ0) is 14.0. The van der Waals surface area contributed by atoms with Crippen LogP contribution >= 0.6 is 15.9 Å². The summed E-state index contributed by atoms with van der Waals surface area (Å²) >= 11 is 3.30. The van der Waals surface area contributed by atoms with Gasteiger partial charge in [0.05, 0.1) is 0 Å². The lowest BCUT2D eigenvalue weighted by Gasteiger charge is -2.13. The maximum Gasteiger partial charge on any atom is 0.124 e. The molecule has 1 unspecified atom stereocenters. The van der Waals surface area contributed by atoms with Gasteiger partial charge in [0, 0.05) is 22.6 Å². The molecule has 0 bridgehead atoms. The Labute approximate surface area is 121 Å². The molecule has 0 radical (unpaired) electrons. The van der Waals surface area contributed by atoms with Gasteiger partial charge in [-0.3, -0.25) is 0 Å². The fourth-order valence-corrected chi connectivity index (χ4v) is 2.69. The highest BCUT2D eigenvalue weighted by molar-refractivity contribution is 9.10. The lowest BCUT2D eigenvalue weighted by atomic mass is 10.1. The van der Waals surface area contributed by atoms with Crippen molar-refractivity contribution < 1.29 is 8.81 Å². The normalized spacial score (nSPS) is 12.7. The summed E-state index contributed by atoms with van der Waals surface area (Å²) in [5.74, 6) is 1.61. The molecule has 0 aliphatic carbocycles. The Morgan fingerprint density at radius 2 is 2.00 bits per heavy atom. The molecule has 1 heterocycles. The lowest BCUT2D eigenvalue weighted by Crippen LogP contribution is -2.18. The molecule has 0 saturated heterocycles. The minimum absolute atomic E-state index is 0.166. The van der Waals surface area contributed by atoms with Gasteiger partial charge < -0.3 is 9.73 Å². The summed E-state index contributed by atoms with van der Waals surface area (Å²) in [6.07, 6.45) is 0. The van der Waals surface area contributed by atoms with E-state index in [2.05, 4.69) is 28.2 Å². The molecular formula is C15H17BrFNO. The summed E-state index contributed by atoms with van der Waals surface area (Å²) in [5, 5.41) is 3.38. The van der Waals surface area contributed by atoms with Crippen molar-refractivity contribution in [2.24, 2.45) is 0 Å². The first-order valence-electron chi connectivity index (χ1n) is 6.21. The third kappa shape index (κ3) is 3.67. The molecule has 0 amide bonds. The number of aryl methyl sites for hydroxylation is 2. The lowest BCUT2D eigenvalue weighted by molar-refractivity contribution is 0.489. The first-order valence-corrected chi connectivity index (χ1v) is 7.00. The SMILES string of the molecule is Cc1cc(C(C)NCc2cc(F)cc(Br)c2)c(C)o1. The van der Waals surface area contributed by atoms with Crippen LogP contribution in [0.25, 0.3) is 0 Å². The Morgan fingerprint density at radius 1 is 1.26 bits per heavy atom. The molecule has 4 heteroatoms. The highest BCUT2D eigenvalue weighted by Crippen LogP contribution is 2.22. The number of furan rings is 1. The van der Waals surface area contributed by atoms with Gasteiger partial charge in [0.25, 0.3) is 0 Å². The average Bonchev–Trinajstić information content (AvgIpc) is 2.64. The summed E-state index contributed by atoms with van der Waals surface area (Å²) in [4.78, 5) is 0. The summed E-state index contributed by atoms with van der Waals surface area (Å²) in [6, 6.07) is 7.11. The standard InChI is InChI=1S/C15H17BrFNO/c1-9-4-15(11(3)19-9)10(2)18-8-12-5-13(16)7-14(17)6-12/h4-7,10,18H,8H2,1-3H3. The molecule has 1 N–H and O–H groups in total. The predicted molar refractivity (Wildman–Crippen MR) is 77.5 cm³/mol. The fourth-order valence-electron chi connectivity index (χ4n) is 2.17. The van der Waals surface area contributed by atoms with Crippen molar-refractivity contribution in [3.8, 4) is 0 Å². The van der Waals surface area contributed by atoms with Gasteiger partial charge in [-0.1, -0.05) is 15.9 Å². The average molecular weight is 326 g/mol. The molecule has 1 atom stereocenters. The van der Waals surface area contributed by atoms with E-state index in [1.165, 1.54) is 12.1 Å². The number of halogens is 2. The van der Waals surface area contributed by atoms with E-state index in [1.807, 2.05) is 26.0 Å². The third-order valence-electron chi connectivity index (χ3n) is 3.08. The Hall–Kier alpha value is -1.13. The largest absolute Gasteiger partial charge is 0.466 e. The van der Waals surface area contributed by atoms with E-state index in [9.17, 15) is 4.39 Å². The van der Waals surface area contributed by atoms with Crippen LogP contribution in [0, 0.1) is 19.7 Å². The van der Waals surface area contributed by atoms with Gasteiger partial charge in [0.2, 0.25) is 0 Å². The van der Waals surface area contributed by atoms with Crippen molar-refractivity contribution >= 4 is 15.9 Å². The van der Waals surface area contributed by atoms with E-state index in [0.717, 1.165) is 27.1 Å². The van der Waals surface area contributed by atoms with Crippen LogP contribution in [0.2, 0.25) is 0 Å². The van der Waals surface area contributed by atoms with Gasteiger partial charge >= 0.3 is 0 Å². The molecule has 2 aromatic rings. The molecule has 0 fully saturated rings. The first kappa shape index (κ1) is 14.3. The molecule has 0 spiro atoms. The van der Waals surface area contributed by atoms with E-state index >= 15 is 0 Å². The van der Waals surface area contributed by atoms with E-state index in [4.69, 9.17) is 4.42 Å². The molecule has 1 aromatic carbocycles. The second kappa shape index (κ2) is 5.88. The Bertz CT molecular complexity index is 559. The van der Waals surface area contributed by atoms with Crippen molar-refractivity contribution in [1.82, 2.24) is 5.32 Å². The minimum Gasteiger partial charge on any atom is -0.466 e. The van der Waals surface area contributed by atoms with Gasteiger partial charge in [-0.05, 0) is 50.6 Å². The second-order valence-corrected chi connectivity index (χ2v) is 5.66. The zero-order valence-corrected chi connectivity index (χ0v) is 12.8. The Balaban J connectivity index is 2.04. The molecule has 0 aliphatic rings. The number of hydrogen-bond donors (Lipinski definition) is 1. The van der Waals surface area contributed by atoms with E-state index in [-0.39, 0.29) is 11.9 Å². The zero-order valence-electron chi connectivity index (χ0n) is 11.3. The maximum atomic E-state index is 13.3.